The maximum Gasteiger partial charge on any atom is 0.189 e. The molecule has 0 N–H and O–H groups in total. The summed E-state index contributed by atoms with van der Waals surface area (Å²) in [7, 11) is 3.18. The van der Waals surface area contributed by atoms with Crippen molar-refractivity contribution in [1.29, 1.82) is 5.26 Å². The molecule has 0 aliphatic carbocycles. The Bertz CT molecular complexity index is 1340. The van der Waals surface area contributed by atoms with E-state index in [4.69, 9.17) is 19.4 Å². The highest BCUT2D eigenvalue weighted by molar-refractivity contribution is 7.98. The first-order chi connectivity index (χ1) is 17.7. The Kier molecular flexibility index (Phi) is 8.37. The van der Waals surface area contributed by atoms with Gasteiger partial charge in [-0.05, 0) is 42.2 Å². The van der Waals surface area contributed by atoms with Crippen molar-refractivity contribution in [3.8, 4) is 28.8 Å². The van der Waals surface area contributed by atoms with Crippen LogP contribution in [0.2, 0.25) is 0 Å². The van der Waals surface area contributed by atoms with Gasteiger partial charge in [0.1, 0.15) is 11.6 Å². The predicted octanol–water partition coefficient (Wildman–Crippen LogP) is 5.40. The molecule has 2 aromatic carbocycles. The summed E-state index contributed by atoms with van der Waals surface area (Å²) in [6.45, 7) is 1.23. The summed E-state index contributed by atoms with van der Waals surface area (Å²) < 4.78 is 10.9. The van der Waals surface area contributed by atoms with E-state index in [1.165, 1.54) is 11.8 Å². The molecule has 8 heteroatoms. The lowest BCUT2D eigenvalue weighted by molar-refractivity contribution is 0.355. The summed E-state index contributed by atoms with van der Waals surface area (Å²) in [5.74, 6) is 1.78. The zero-order valence-electron chi connectivity index (χ0n) is 20.5. The molecule has 2 aromatic heterocycles. The number of nitriles is 1. The molecule has 7 nitrogen and oxygen atoms in total. The molecule has 0 radical (unpaired) electrons. The van der Waals surface area contributed by atoms with Crippen LogP contribution in [-0.4, -0.2) is 42.0 Å². The van der Waals surface area contributed by atoms with Gasteiger partial charge in [-0.25, -0.2) is 9.97 Å². The van der Waals surface area contributed by atoms with Gasteiger partial charge in [0.2, 0.25) is 0 Å². The first kappa shape index (κ1) is 25.0. The van der Waals surface area contributed by atoms with E-state index in [0.717, 1.165) is 16.8 Å². The molecule has 0 saturated heterocycles. The number of rotatable bonds is 10. The van der Waals surface area contributed by atoms with E-state index in [0.29, 0.717) is 53.2 Å². The molecule has 0 saturated carbocycles. The van der Waals surface area contributed by atoms with Crippen molar-refractivity contribution in [2.75, 3.05) is 31.9 Å². The number of ether oxygens (including phenoxy) is 2. The highest BCUT2D eigenvalue weighted by Crippen LogP contribution is 2.36. The largest absolute Gasteiger partial charge is 0.493 e. The number of thioether (sulfide) groups is 1. The molecule has 0 atom stereocenters. The minimum absolute atomic E-state index is 0.414. The molecular formula is C28H27N5O2S. The van der Waals surface area contributed by atoms with Crippen molar-refractivity contribution in [3.05, 3.63) is 89.7 Å². The molecule has 2 heterocycles. The zero-order chi connectivity index (χ0) is 25.3. The normalized spacial score (nSPS) is 10.5. The van der Waals surface area contributed by atoms with E-state index in [9.17, 15) is 5.26 Å². The van der Waals surface area contributed by atoms with Crippen molar-refractivity contribution in [1.82, 2.24) is 15.0 Å². The molecule has 182 valence electrons. The van der Waals surface area contributed by atoms with E-state index in [2.05, 4.69) is 28.1 Å². The van der Waals surface area contributed by atoms with Crippen LogP contribution in [0.4, 0.5) is 5.82 Å². The van der Waals surface area contributed by atoms with Gasteiger partial charge >= 0.3 is 0 Å². The van der Waals surface area contributed by atoms with Crippen LogP contribution in [-0.2, 0) is 13.0 Å². The second-order valence-corrected chi connectivity index (χ2v) is 8.69. The van der Waals surface area contributed by atoms with Crippen LogP contribution in [0.5, 0.6) is 11.5 Å². The summed E-state index contributed by atoms with van der Waals surface area (Å²) in [4.78, 5) is 16.1. The van der Waals surface area contributed by atoms with Crippen molar-refractivity contribution in [2.24, 2.45) is 0 Å². The Morgan fingerprint density at radius 3 is 2.39 bits per heavy atom. The van der Waals surface area contributed by atoms with Gasteiger partial charge in [0, 0.05) is 37.0 Å². The van der Waals surface area contributed by atoms with Gasteiger partial charge in [0.25, 0.3) is 0 Å². The van der Waals surface area contributed by atoms with Crippen LogP contribution < -0.4 is 14.4 Å². The predicted molar refractivity (Wildman–Crippen MR) is 143 cm³/mol. The molecule has 0 spiro atoms. The summed E-state index contributed by atoms with van der Waals surface area (Å²) in [5, 5.41) is 10.9. The van der Waals surface area contributed by atoms with Crippen LogP contribution in [0.25, 0.3) is 11.3 Å². The van der Waals surface area contributed by atoms with Crippen LogP contribution in [0.1, 0.15) is 16.8 Å². The van der Waals surface area contributed by atoms with Crippen molar-refractivity contribution in [3.63, 3.8) is 0 Å². The van der Waals surface area contributed by atoms with E-state index in [1.54, 1.807) is 20.4 Å². The quantitative estimate of drug-likeness (QED) is 0.213. The van der Waals surface area contributed by atoms with Crippen molar-refractivity contribution in [2.45, 2.75) is 18.1 Å². The molecule has 0 bridgehead atoms. The minimum Gasteiger partial charge on any atom is -0.493 e. The summed E-state index contributed by atoms with van der Waals surface area (Å²) in [6.07, 6.45) is 4.44. The van der Waals surface area contributed by atoms with E-state index < -0.39 is 0 Å². The first-order valence-electron chi connectivity index (χ1n) is 11.4. The lowest BCUT2D eigenvalue weighted by atomic mass is 10.1. The second kappa shape index (κ2) is 12.0. The van der Waals surface area contributed by atoms with Crippen molar-refractivity contribution >= 4 is 17.6 Å². The number of nitrogens with zero attached hydrogens (tertiary/aromatic N) is 5. The van der Waals surface area contributed by atoms with Gasteiger partial charge in [0.15, 0.2) is 22.5 Å². The zero-order valence-corrected chi connectivity index (χ0v) is 21.3. The monoisotopic (exact) mass is 497 g/mol. The van der Waals surface area contributed by atoms with Gasteiger partial charge < -0.3 is 14.4 Å². The molecule has 36 heavy (non-hydrogen) atoms. The standard InChI is InChI=1S/C28H27N5O2S/c1-34-24-13-12-21(17-25(24)35-2)26-23(18-29)27(32-28(31-26)36-3)33(19-20-9-5-4-6-10-20)16-14-22-11-7-8-15-30-22/h4-13,15,17H,14,16,19H2,1-3H3. The van der Waals surface area contributed by atoms with Crippen LogP contribution >= 0.6 is 11.8 Å². The third-order valence-electron chi connectivity index (χ3n) is 5.70. The lowest BCUT2D eigenvalue weighted by Crippen LogP contribution is -2.28. The molecule has 4 aromatic rings. The topological polar surface area (TPSA) is 84.2 Å². The number of benzene rings is 2. The number of anilines is 1. The van der Waals surface area contributed by atoms with E-state index in [1.807, 2.05) is 60.9 Å². The Labute approximate surface area is 215 Å². The number of methoxy groups -OCH3 is 2. The molecule has 0 aliphatic heterocycles. The third-order valence-corrected chi connectivity index (χ3v) is 6.25. The number of aromatic nitrogens is 3. The fourth-order valence-corrected chi connectivity index (χ4v) is 4.26. The summed E-state index contributed by atoms with van der Waals surface area (Å²) in [6, 6.07) is 24.0. The Balaban J connectivity index is 1.82. The van der Waals surface area contributed by atoms with Gasteiger partial charge in [-0.1, -0.05) is 48.2 Å². The first-order valence-corrected chi connectivity index (χ1v) is 12.7. The average Bonchev–Trinajstić information content (AvgIpc) is 2.95. The van der Waals surface area contributed by atoms with Crippen LogP contribution in [0.3, 0.4) is 0 Å². The Morgan fingerprint density at radius 1 is 0.944 bits per heavy atom. The van der Waals surface area contributed by atoms with E-state index in [-0.39, 0.29) is 0 Å². The maximum absolute atomic E-state index is 10.3. The Hall–Kier alpha value is -4.09. The lowest BCUT2D eigenvalue weighted by Gasteiger charge is -2.26. The summed E-state index contributed by atoms with van der Waals surface area (Å²) >= 11 is 1.44. The van der Waals surface area contributed by atoms with Gasteiger partial charge in [-0.15, -0.1) is 0 Å². The smallest absolute Gasteiger partial charge is 0.189 e. The molecule has 0 fully saturated rings. The highest BCUT2D eigenvalue weighted by atomic mass is 32.2. The SMILES string of the molecule is COc1ccc(-c2nc(SC)nc(N(CCc3ccccn3)Cc3ccccc3)c2C#N)cc1OC. The van der Waals surface area contributed by atoms with Crippen LogP contribution in [0.15, 0.2) is 78.1 Å². The van der Waals surface area contributed by atoms with Gasteiger partial charge in [0.05, 0.1) is 19.9 Å². The second-order valence-electron chi connectivity index (χ2n) is 7.92. The number of hydrogen-bond acceptors (Lipinski definition) is 8. The maximum atomic E-state index is 10.3. The van der Waals surface area contributed by atoms with Crippen molar-refractivity contribution < 1.29 is 9.47 Å². The van der Waals surface area contributed by atoms with E-state index >= 15 is 0 Å². The van der Waals surface area contributed by atoms with Crippen LogP contribution in [0, 0.1) is 11.3 Å². The summed E-state index contributed by atoms with van der Waals surface area (Å²) in [5.41, 5.74) is 3.83. The average molecular weight is 498 g/mol. The molecule has 0 aliphatic rings. The Morgan fingerprint density at radius 2 is 1.72 bits per heavy atom. The fourth-order valence-electron chi connectivity index (χ4n) is 3.90. The molecule has 4 rings (SSSR count). The third kappa shape index (κ3) is 5.75. The fraction of sp³-hybridized carbons (Fsp3) is 0.214. The van der Waals surface area contributed by atoms with Gasteiger partial charge in [-0.2, -0.15) is 5.26 Å². The molecule has 0 unspecified atom stereocenters. The van der Waals surface area contributed by atoms with Gasteiger partial charge in [-0.3, -0.25) is 4.98 Å². The highest BCUT2D eigenvalue weighted by Gasteiger charge is 2.22. The number of pyridine rings is 1. The molecular weight excluding hydrogens is 470 g/mol. The number of hydrogen-bond donors (Lipinski definition) is 0. The molecule has 0 amide bonds. The minimum atomic E-state index is 0.414.